The predicted octanol–water partition coefficient (Wildman–Crippen LogP) is 1.73. The topological polar surface area (TPSA) is 35.0 Å². The molecule has 0 aromatic carbocycles. The van der Waals surface area contributed by atoms with Gasteiger partial charge >= 0.3 is 0 Å². The smallest absolute Gasteiger partial charge is 0.297 e. The fourth-order valence-corrected chi connectivity index (χ4v) is 0.764. The van der Waals surface area contributed by atoms with Gasteiger partial charge in [-0.25, -0.2) is 13.8 Å². The molecule has 0 spiro atoms. The fourth-order valence-electron chi connectivity index (χ4n) is 0.764. The van der Waals surface area contributed by atoms with Gasteiger partial charge in [0.2, 0.25) is 5.88 Å². The van der Waals surface area contributed by atoms with Gasteiger partial charge in [0.25, 0.3) is 6.43 Å². The van der Waals surface area contributed by atoms with Gasteiger partial charge in [-0.3, -0.25) is 0 Å². The van der Waals surface area contributed by atoms with E-state index in [1.54, 1.807) is 6.92 Å². The lowest BCUT2D eigenvalue weighted by molar-refractivity contribution is 0.139. The molecule has 0 radical (unpaired) electrons. The van der Waals surface area contributed by atoms with E-state index in [0.717, 1.165) is 0 Å². The van der Waals surface area contributed by atoms with E-state index in [-0.39, 0.29) is 5.88 Å². The van der Waals surface area contributed by atoms with Gasteiger partial charge < -0.3 is 4.74 Å². The number of rotatable bonds is 2. The Bertz CT molecular complexity index is 278. The molecule has 1 rings (SSSR count). The molecule has 12 heavy (non-hydrogen) atoms. The Labute approximate surface area is 68.4 Å². The Hall–Kier alpha value is -1.26. The van der Waals surface area contributed by atoms with Crippen LogP contribution in [0.4, 0.5) is 8.78 Å². The van der Waals surface area contributed by atoms with Gasteiger partial charge in [0.15, 0.2) is 5.82 Å². The van der Waals surface area contributed by atoms with Crippen LogP contribution in [0.25, 0.3) is 0 Å². The van der Waals surface area contributed by atoms with Crippen LogP contribution in [0, 0.1) is 6.92 Å². The molecule has 0 aliphatic rings. The van der Waals surface area contributed by atoms with Crippen molar-refractivity contribution in [2.24, 2.45) is 0 Å². The number of halogens is 2. The standard InChI is InChI=1S/C7H8F2N2O/c1-4-3-5(12-2)11-7(10-4)6(8)9/h3,6H,1-2H3. The Morgan fingerprint density at radius 1 is 1.42 bits per heavy atom. The summed E-state index contributed by atoms with van der Waals surface area (Å²) in [5.41, 5.74) is 0.470. The van der Waals surface area contributed by atoms with Crippen molar-refractivity contribution in [1.82, 2.24) is 9.97 Å². The molecule has 0 bridgehead atoms. The summed E-state index contributed by atoms with van der Waals surface area (Å²) >= 11 is 0. The van der Waals surface area contributed by atoms with Gasteiger partial charge in [0, 0.05) is 11.8 Å². The van der Waals surface area contributed by atoms with Crippen molar-refractivity contribution < 1.29 is 13.5 Å². The third-order valence-corrected chi connectivity index (χ3v) is 1.25. The zero-order valence-corrected chi connectivity index (χ0v) is 6.71. The average Bonchev–Trinajstić information content (AvgIpc) is 2.03. The minimum absolute atomic E-state index is 0.165. The molecule has 3 nitrogen and oxygen atoms in total. The van der Waals surface area contributed by atoms with Crippen LogP contribution < -0.4 is 4.74 Å². The molecule has 1 aromatic rings. The second-order valence-corrected chi connectivity index (χ2v) is 2.21. The summed E-state index contributed by atoms with van der Waals surface area (Å²) in [7, 11) is 1.37. The second-order valence-electron chi connectivity index (χ2n) is 2.21. The molecular weight excluding hydrogens is 166 g/mol. The molecule has 0 aliphatic heterocycles. The van der Waals surface area contributed by atoms with Gasteiger partial charge in [-0.05, 0) is 6.92 Å². The Kier molecular flexibility index (Phi) is 2.52. The van der Waals surface area contributed by atoms with Crippen LogP contribution in [0.5, 0.6) is 5.88 Å². The number of alkyl halides is 2. The van der Waals surface area contributed by atoms with E-state index in [1.165, 1.54) is 13.2 Å². The van der Waals surface area contributed by atoms with E-state index in [4.69, 9.17) is 4.74 Å². The molecule has 0 fully saturated rings. The molecule has 1 aromatic heterocycles. The summed E-state index contributed by atoms with van der Waals surface area (Å²) in [6, 6.07) is 1.49. The van der Waals surface area contributed by atoms with E-state index >= 15 is 0 Å². The van der Waals surface area contributed by atoms with E-state index < -0.39 is 12.2 Å². The number of aromatic nitrogens is 2. The highest BCUT2D eigenvalue weighted by Crippen LogP contribution is 2.17. The molecule has 0 unspecified atom stereocenters. The number of hydrogen-bond donors (Lipinski definition) is 0. The molecule has 5 heteroatoms. The largest absolute Gasteiger partial charge is 0.481 e. The first-order chi connectivity index (χ1) is 5.63. The summed E-state index contributed by atoms with van der Waals surface area (Å²) in [5.74, 6) is -0.329. The molecule has 0 N–H and O–H groups in total. The van der Waals surface area contributed by atoms with Crippen molar-refractivity contribution in [1.29, 1.82) is 0 Å². The highest BCUT2D eigenvalue weighted by Gasteiger charge is 2.12. The summed E-state index contributed by atoms with van der Waals surface area (Å²) in [4.78, 5) is 7.01. The van der Waals surface area contributed by atoms with Crippen molar-refractivity contribution in [2.75, 3.05) is 7.11 Å². The molecule has 0 saturated carbocycles. The highest BCUT2D eigenvalue weighted by atomic mass is 19.3. The van der Waals surface area contributed by atoms with Crippen molar-refractivity contribution in [3.05, 3.63) is 17.6 Å². The van der Waals surface area contributed by atoms with Crippen LogP contribution >= 0.6 is 0 Å². The van der Waals surface area contributed by atoms with Crippen LogP contribution in [0.3, 0.4) is 0 Å². The van der Waals surface area contributed by atoms with Crippen LogP contribution in [0.15, 0.2) is 6.07 Å². The maximum Gasteiger partial charge on any atom is 0.297 e. The molecule has 66 valence electrons. The number of nitrogens with zero attached hydrogens (tertiary/aromatic N) is 2. The van der Waals surface area contributed by atoms with E-state index in [2.05, 4.69) is 9.97 Å². The number of methoxy groups -OCH3 is 1. The monoisotopic (exact) mass is 174 g/mol. The third kappa shape index (κ3) is 1.87. The Morgan fingerprint density at radius 3 is 2.58 bits per heavy atom. The van der Waals surface area contributed by atoms with Crippen LogP contribution in [0.1, 0.15) is 17.9 Å². The van der Waals surface area contributed by atoms with Crippen molar-refractivity contribution in [3.8, 4) is 5.88 Å². The van der Waals surface area contributed by atoms with Gasteiger partial charge in [-0.2, -0.15) is 4.98 Å². The molecule has 0 amide bonds. The quantitative estimate of drug-likeness (QED) is 0.684. The maximum absolute atomic E-state index is 12.1. The first kappa shape index (κ1) is 8.83. The van der Waals surface area contributed by atoms with Crippen molar-refractivity contribution >= 4 is 0 Å². The minimum atomic E-state index is -2.65. The highest BCUT2D eigenvalue weighted by molar-refractivity contribution is 5.15. The second kappa shape index (κ2) is 3.42. The normalized spacial score (nSPS) is 10.4. The summed E-state index contributed by atoms with van der Waals surface area (Å²) in [6.45, 7) is 1.61. The van der Waals surface area contributed by atoms with Gasteiger partial charge in [0.05, 0.1) is 7.11 Å². The SMILES string of the molecule is COc1cc(C)nc(C(F)F)n1. The molecular formula is C7H8F2N2O. The van der Waals surface area contributed by atoms with Crippen LogP contribution in [-0.4, -0.2) is 17.1 Å². The van der Waals surface area contributed by atoms with Gasteiger partial charge in [-0.1, -0.05) is 0 Å². The Balaban J connectivity index is 3.06. The van der Waals surface area contributed by atoms with Gasteiger partial charge in [-0.15, -0.1) is 0 Å². The van der Waals surface area contributed by atoms with Crippen molar-refractivity contribution in [2.45, 2.75) is 13.3 Å². The van der Waals surface area contributed by atoms with Crippen LogP contribution in [-0.2, 0) is 0 Å². The zero-order chi connectivity index (χ0) is 9.14. The first-order valence-electron chi connectivity index (χ1n) is 3.31. The molecule has 0 atom stereocenters. The zero-order valence-electron chi connectivity index (χ0n) is 6.71. The summed E-state index contributed by atoms with van der Waals surface area (Å²) in [5, 5.41) is 0. The summed E-state index contributed by atoms with van der Waals surface area (Å²) < 4.78 is 28.9. The number of ether oxygens (including phenoxy) is 1. The number of aryl methyl sites for hydroxylation is 1. The van der Waals surface area contributed by atoms with E-state index in [0.29, 0.717) is 5.69 Å². The van der Waals surface area contributed by atoms with E-state index in [9.17, 15) is 8.78 Å². The molecule has 0 aliphatic carbocycles. The van der Waals surface area contributed by atoms with Crippen molar-refractivity contribution in [3.63, 3.8) is 0 Å². The van der Waals surface area contributed by atoms with E-state index in [1.807, 2.05) is 0 Å². The lowest BCUT2D eigenvalue weighted by Gasteiger charge is -2.02. The first-order valence-corrected chi connectivity index (χ1v) is 3.31. The lowest BCUT2D eigenvalue weighted by Crippen LogP contribution is -1.99. The van der Waals surface area contributed by atoms with Gasteiger partial charge in [0.1, 0.15) is 0 Å². The average molecular weight is 174 g/mol. The molecule has 0 saturated heterocycles. The number of hydrogen-bond acceptors (Lipinski definition) is 3. The molecule has 1 heterocycles. The minimum Gasteiger partial charge on any atom is -0.481 e. The Morgan fingerprint density at radius 2 is 2.08 bits per heavy atom. The fraction of sp³-hybridized carbons (Fsp3) is 0.429. The predicted molar refractivity (Wildman–Crippen MR) is 38.3 cm³/mol. The maximum atomic E-state index is 12.1. The lowest BCUT2D eigenvalue weighted by atomic mass is 10.4. The van der Waals surface area contributed by atoms with Crippen LogP contribution in [0.2, 0.25) is 0 Å². The third-order valence-electron chi connectivity index (χ3n) is 1.25. The summed E-state index contributed by atoms with van der Waals surface area (Å²) in [6.07, 6.45) is -2.65.